The minimum atomic E-state index is -0.654. The number of rotatable bonds is 6. The third kappa shape index (κ3) is 5.06. The van der Waals surface area contributed by atoms with Crippen LogP contribution in [0.3, 0.4) is 0 Å². The highest BCUT2D eigenvalue weighted by molar-refractivity contribution is 6.30. The second kappa shape index (κ2) is 8.96. The van der Waals surface area contributed by atoms with Crippen molar-refractivity contribution in [1.29, 1.82) is 0 Å². The van der Waals surface area contributed by atoms with Crippen LogP contribution < -0.4 is 11.4 Å². The summed E-state index contributed by atoms with van der Waals surface area (Å²) < 4.78 is 15.6. The molecule has 0 unspecified atom stereocenters. The summed E-state index contributed by atoms with van der Waals surface area (Å²) in [5.74, 6) is -0.359. The van der Waals surface area contributed by atoms with Gasteiger partial charge < -0.3 is 0 Å². The third-order valence-electron chi connectivity index (χ3n) is 4.30. The molecule has 0 radical (unpaired) electrons. The molecule has 0 aliphatic carbocycles. The molecule has 29 heavy (non-hydrogen) atoms. The molecule has 0 atom stereocenters. The van der Waals surface area contributed by atoms with Crippen molar-refractivity contribution in [2.24, 2.45) is 4.99 Å². The van der Waals surface area contributed by atoms with Crippen LogP contribution in [-0.2, 0) is 13.0 Å². The van der Waals surface area contributed by atoms with E-state index in [1.807, 2.05) is 12.1 Å². The molecule has 0 aliphatic heterocycles. The molecule has 0 spiro atoms. The Kier molecular flexibility index (Phi) is 6.39. The molecule has 0 aliphatic rings. The van der Waals surface area contributed by atoms with E-state index < -0.39 is 11.4 Å². The minimum absolute atomic E-state index is 0.00943. The summed E-state index contributed by atoms with van der Waals surface area (Å²) in [5, 5.41) is 0.637. The summed E-state index contributed by atoms with van der Waals surface area (Å²) in [4.78, 5) is 33.5. The van der Waals surface area contributed by atoms with Crippen molar-refractivity contribution in [3.63, 3.8) is 0 Å². The molecule has 0 saturated heterocycles. The largest absolute Gasteiger partial charge is 0.355 e. The smallest absolute Gasteiger partial charge is 0.257 e. The van der Waals surface area contributed by atoms with Crippen molar-refractivity contribution in [2.45, 2.75) is 32.9 Å². The van der Waals surface area contributed by atoms with E-state index in [0.717, 1.165) is 10.1 Å². The zero-order chi connectivity index (χ0) is 21.0. The van der Waals surface area contributed by atoms with Crippen molar-refractivity contribution < 1.29 is 4.39 Å². The van der Waals surface area contributed by atoms with Crippen LogP contribution in [0.5, 0.6) is 0 Å². The Morgan fingerprint density at radius 3 is 2.31 bits per heavy atom. The van der Waals surface area contributed by atoms with Gasteiger partial charge in [0.25, 0.3) is 0 Å². The molecule has 150 valence electrons. The summed E-state index contributed by atoms with van der Waals surface area (Å²) in [7, 11) is 0. The second-order valence-electron chi connectivity index (χ2n) is 6.80. The van der Waals surface area contributed by atoms with Crippen LogP contribution in [0, 0.1) is 5.82 Å². The molecule has 0 N–H and O–H groups in total. The normalized spacial score (nSPS) is 11.5. The number of aliphatic imine (C=N–C) groups is 1. The first kappa shape index (κ1) is 20.7. The van der Waals surface area contributed by atoms with Gasteiger partial charge in [0.2, 0.25) is 5.95 Å². The van der Waals surface area contributed by atoms with Crippen molar-refractivity contribution in [3.8, 4) is 0 Å². The Labute approximate surface area is 172 Å². The molecule has 3 rings (SSSR count). The molecule has 6 nitrogen and oxygen atoms in total. The predicted octanol–water partition coefficient (Wildman–Crippen LogP) is 3.77. The Balaban J connectivity index is 1.98. The van der Waals surface area contributed by atoms with E-state index in [1.54, 1.807) is 44.3 Å². The average molecular weight is 415 g/mol. The number of benzene rings is 2. The maximum Gasteiger partial charge on any atom is 0.355 e. The SMILES string of the molecule is CC(C)n1c(=O)nc(N=CCc2ccc(Cl)cc2)n(Cc2ccc(F)cc2)c1=O. The Morgan fingerprint density at radius 1 is 1.07 bits per heavy atom. The molecule has 8 heteroatoms. The first-order chi connectivity index (χ1) is 13.8. The fourth-order valence-electron chi connectivity index (χ4n) is 2.80. The van der Waals surface area contributed by atoms with Crippen LogP contribution in [0.25, 0.3) is 0 Å². The highest BCUT2D eigenvalue weighted by atomic mass is 35.5. The molecule has 0 amide bonds. The standard InChI is InChI=1S/C21H20ClFN4O2/c1-14(2)27-20(28)25-19(24-12-11-15-3-7-17(22)8-4-15)26(21(27)29)13-16-5-9-18(23)10-6-16/h3-10,12,14H,11,13H2,1-2H3. The van der Waals surface area contributed by atoms with Gasteiger partial charge in [-0.05, 0) is 49.2 Å². The Hall–Kier alpha value is -3.06. The molecule has 0 bridgehead atoms. The van der Waals surface area contributed by atoms with E-state index in [9.17, 15) is 14.0 Å². The van der Waals surface area contributed by atoms with Gasteiger partial charge in [-0.3, -0.25) is 4.57 Å². The van der Waals surface area contributed by atoms with E-state index in [4.69, 9.17) is 11.6 Å². The fourth-order valence-corrected chi connectivity index (χ4v) is 2.93. The van der Waals surface area contributed by atoms with E-state index in [-0.39, 0.29) is 24.4 Å². The van der Waals surface area contributed by atoms with Crippen molar-refractivity contribution in [2.75, 3.05) is 0 Å². The van der Waals surface area contributed by atoms with Crippen LogP contribution in [0.2, 0.25) is 5.02 Å². The zero-order valence-corrected chi connectivity index (χ0v) is 16.8. The number of halogens is 2. The maximum absolute atomic E-state index is 13.2. The van der Waals surface area contributed by atoms with E-state index in [2.05, 4.69) is 9.98 Å². The van der Waals surface area contributed by atoms with Crippen LogP contribution in [0.4, 0.5) is 10.3 Å². The Bertz CT molecular complexity index is 1130. The number of aromatic nitrogens is 3. The molecular formula is C21H20ClFN4O2. The molecule has 1 aromatic heterocycles. The summed E-state index contributed by atoms with van der Waals surface area (Å²) in [6.45, 7) is 3.58. The van der Waals surface area contributed by atoms with E-state index >= 15 is 0 Å². The van der Waals surface area contributed by atoms with Gasteiger partial charge in [0.15, 0.2) is 0 Å². The quantitative estimate of drug-likeness (QED) is 0.576. The van der Waals surface area contributed by atoms with Crippen LogP contribution in [-0.4, -0.2) is 20.3 Å². The van der Waals surface area contributed by atoms with Gasteiger partial charge in [-0.2, -0.15) is 4.98 Å². The topological polar surface area (TPSA) is 69.2 Å². The number of nitrogens with zero attached hydrogens (tertiary/aromatic N) is 4. The van der Waals surface area contributed by atoms with Gasteiger partial charge in [-0.25, -0.2) is 23.5 Å². The highest BCUT2D eigenvalue weighted by Crippen LogP contribution is 2.12. The third-order valence-corrected chi connectivity index (χ3v) is 4.55. The molecule has 3 aromatic rings. The fraction of sp³-hybridized carbons (Fsp3) is 0.238. The Morgan fingerprint density at radius 2 is 1.69 bits per heavy atom. The summed E-state index contributed by atoms with van der Waals surface area (Å²) >= 11 is 5.88. The van der Waals surface area contributed by atoms with E-state index in [1.165, 1.54) is 16.7 Å². The van der Waals surface area contributed by atoms with Crippen molar-refractivity contribution in [3.05, 3.63) is 91.5 Å². The lowest BCUT2D eigenvalue weighted by Gasteiger charge is -2.14. The molecule has 1 heterocycles. The lowest BCUT2D eigenvalue weighted by atomic mass is 10.2. The summed E-state index contributed by atoms with van der Waals surface area (Å²) in [5.41, 5.74) is 0.501. The van der Waals surface area contributed by atoms with Gasteiger partial charge in [0.05, 0.1) is 6.54 Å². The number of hydrogen-bond acceptors (Lipinski definition) is 4. The lowest BCUT2D eigenvalue weighted by molar-refractivity contribution is 0.495. The van der Waals surface area contributed by atoms with Crippen LogP contribution in [0.15, 0.2) is 63.1 Å². The molecular weight excluding hydrogens is 395 g/mol. The lowest BCUT2D eigenvalue weighted by Crippen LogP contribution is -2.42. The van der Waals surface area contributed by atoms with E-state index in [0.29, 0.717) is 17.0 Å². The van der Waals surface area contributed by atoms with Crippen LogP contribution >= 0.6 is 11.6 Å². The predicted molar refractivity (Wildman–Crippen MR) is 112 cm³/mol. The minimum Gasteiger partial charge on any atom is -0.257 e. The van der Waals surface area contributed by atoms with Crippen molar-refractivity contribution >= 4 is 23.8 Å². The first-order valence-corrected chi connectivity index (χ1v) is 9.47. The van der Waals surface area contributed by atoms with Crippen molar-refractivity contribution in [1.82, 2.24) is 14.1 Å². The van der Waals surface area contributed by atoms with Gasteiger partial charge in [-0.15, -0.1) is 0 Å². The zero-order valence-electron chi connectivity index (χ0n) is 16.0. The average Bonchev–Trinajstić information content (AvgIpc) is 2.67. The first-order valence-electron chi connectivity index (χ1n) is 9.10. The highest BCUT2D eigenvalue weighted by Gasteiger charge is 2.15. The van der Waals surface area contributed by atoms with Gasteiger partial charge in [0.1, 0.15) is 5.82 Å². The van der Waals surface area contributed by atoms with Gasteiger partial charge in [0, 0.05) is 23.7 Å². The maximum atomic E-state index is 13.2. The van der Waals surface area contributed by atoms with Crippen LogP contribution in [0.1, 0.15) is 31.0 Å². The van der Waals surface area contributed by atoms with Gasteiger partial charge >= 0.3 is 11.4 Å². The monoisotopic (exact) mass is 414 g/mol. The molecule has 0 saturated carbocycles. The summed E-state index contributed by atoms with van der Waals surface area (Å²) in [6.07, 6.45) is 2.07. The second-order valence-corrected chi connectivity index (χ2v) is 7.23. The van der Waals surface area contributed by atoms with Gasteiger partial charge in [-0.1, -0.05) is 35.9 Å². The number of hydrogen-bond donors (Lipinski definition) is 0. The molecule has 0 fully saturated rings. The molecule has 2 aromatic carbocycles. The summed E-state index contributed by atoms with van der Waals surface area (Å²) in [6, 6.07) is 12.7.